The Balaban J connectivity index is 0.000000246. The van der Waals surface area contributed by atoms with Crippen molar-refractivity contribution < 1.29 is 27.8 Å². The maximum atomic E-state index is 12.4. The van der Waals surface area contributed by atoms with Crippen LogP contribution in [-0.2, 0) is 6.18 Å². The lowest BCUT2D eigenvalue weighted by molar-refractivity contribution is -0.579. The van der Waals surface area contributed by atoms with Gasteiger partial charge in [-0.25, -0.2) is 14.5 Å². The van der Waals surface area contributed by atoms with E-state index in [1.807, 2.05) is 0 Å². The highest BCUT2D eigenvalue weighted by molar-refractivity contribution is 6.15. The summed E-state index contributed by atoms with van der Waals surface area (Å²) in [6.45, 7) is 0. The number of aromatic amines is 1. The van der Waals surface area contributed by atoms with Crippen LogP contribution < -0.4 is 4.73 Å². The van der Waals surface area contributed by atoms with Crippen LogP contribution in [0.4, 0.5) is 13.2 Å². The second-order valence-electron chi connectivity index (χ2n) is 4.47. The highest BCUT2D eigenvalue weighted by atomic mass is 35.5. The van der Waals surface area contributed by atoms with Crippen molar-refractivity contribution in [2.45, 2.75) is 6.18 Å². The molecule has 1 aromatic carbocycles. The molecule has 0 atom stereocenters. The molecule has 0 amide bonds. The van der Waals surface area contributed by atoms with Gasteiger partial charge in [-0.3, -0.25) is 0 Å². The number of rotatable bonds is 1. The van der Waals surface area contributed by atoms with Crippen molar-refractivity contribution in [3.63, 3.8) is 0 Å². The van der Waals surface area contributed by atoms with Crippen LogP contribution in [0.5, 0.6) is 0 Å². The molecule has 0 aliphatic carbocycles. The fourth-order valence-electron chi connectivity index (χ4n) is 1.88. The van der Waals surface area contributed by atoms with Crippen molar-refractivity contribution in [3.05, 3.63) is 71.2 Å². The topological polar surface area (TPSA) is 80.0 Å². The van der Waals surface area contributed by atoms with Crippen molar-refractivity contribution in [2.24, 2.45) is 0 Å². The minimum atomic E-state index is -4.44. The molecule has 0 bridgehead atoms. The molecule has 25 heavy (non-hydrogen) atoms. The van der Waals surface area contributed by atoms with E-state index in [4.69, 9.17) is 5.11 Å². The fraction of sp³-hybridized carbons (Fsp3) is 0.125. The third kappa shape index (κ3) is 5.39. The van der Waals surface area contributed by atoms with Gasteiger partial charge in [0.2, 0.25) is 0 Å². The van der Waals surface area contributed by atoms with E-state index in [0.717, 1.165) is 12.4 Å². The van der Waals surface area contributed by atoms with Crippen LogP contribution in [0.3, 0.4) is 0 Å². The summed E-state index contributed by atoms with van der Waals surface area (Å²) in [6.07, 6.45) is -1.04. The Labute approximate surface area is 145 Å². The van der Waals surface area contributed by atoms with Crippen LogP contribution in [0.25, 0.3) is 11.0 Å². The van der Waals surface area contributed by atoms with Gasteiger partial charge in [0.05, 0.1) is 17.1 Å². The summed E-state index contributed by atoms with van der Waals surface area (Å²) in [5, 5.41) is 19.3. The molecule has 2 aromatic heterocycles. The highest BCUT2D eigenvalue weighted by Crippen LogP contribution is 2.33. The molecule has 3 rings (SSSR count). The van der Waals surface area contributed by atoms with Gasteiger partial charge in [0.1, 0.15) is 11.8 Å². The first-order valence-corrected chi connectivity index (χ1v) is 7.49. The summed E-state index contributed by atoms with van der Waals surface area (Å²) in [5.74, 6) is -0.879. The molecule has 0 unspecified atom stereocenters. The first kappa shape index (κ1) is 20.3. The van der Waals surface area contributed by atoms with Crippen LogP contribution in [0.2, 0.25) is 0 Å². The number of nitrogens with zero attached hydrogens (tertiary/aromatic N) is 1. The number of aromatic carboxylic acids is 1. The maximum absolute atomic E-state index is 12.4. The number of hydrogen-bond acceptors (Lipinski definition) is 2. The lowest BCUT2D eigenvalue weighted by atomic mass is 10.2. The van der Waals surface area contributed by atoms with E-state index in [0.29, 0.717) is 10.3 Å². The van der Waals surface area contributed by atoms with Gasteiger partial charge in [-0.2, -0.15) is 13.2 Å². The number of fused-ring (bicyclic) bond motifs is 1. The van der Waals surface area contributed by atoms with Crippen LogP contribution in [0.1, 0.15) is 15.9 Å². The molecule has 0 saturated heterocycles. The van der Waals surface area contributed by atoms with E-state index in [1.165, 1.54) is 18.5 Å². The summed E-state index contributed by atoms with van der Waals surface area (Å²) >= 11 is 4.64. The Bertz CT molecular complexity index is 820. The molecular formula is C16H14ClF3N2O3. The van der Waals surface area contributed by atoms with Crippen molar-refractivity contribution in [1.82, 2.24) is 4.98 Å². The average Bonchev–Trinajstić information content (AvgIpc) is 3.04. The van der Waals surface area contributed by atoms with Gasteiger partial charge < -0.3 is 10.3 Å². The highest BCUT2D eigenvalue weighted by Gasteiger charge is 2.35. The third-order valence-electron chi connectivity index (χ3n) is 2.93. The minimum absolute atomic E-state index is 0.0835. The summed E-state index contributed by atoms with van der Waals surface area (Å²) in [7, 11) is 0. The number of alkyl halides is 4. The van der Waals surface area contributed by atoms with Gasteiger partial charge in [-0.05, 0) is 24.3 Å². The smallest absolute Gasteiger partial charge is 0.420 e. The number of carboxylic acids is 1. The zero-order chi connectivity index (χ0) is 19.0. The molecule has 0 fully saturated rings. The summed E-state index contributed by atoms with van der Waals surface area (Å²) in [4.78, 5) is 12.5. The van der Waals surface area contributed by atoms with Crippen LogP contribution >= 0.6 is 11.6 Å². The Hall–Kier alpha value is -2.74. The Morgan fingerprint density at radius 3 is 2.24 bits per heavy atom. The van der Waals surface area contributed by atoms with Gasteiger partial charge in [0.15, 0.2) is 0 Å². The van der Waals surface area contributed by atoms with E-state index < -0.39 is 17.7 Å². The molecule has 2 heterocycles. The lowest BCUT2D eigenvalue weighted by Gasteiger charge is -2.03. The number of carbonyl (C=O) groups is 1. The first-order valence-electron chi connectivity index (χ1n) is 6.73. The molecular weight excluding hydrogens is 361 g/mol. The van der Waals surface area contributed by atoms with Crippen molar-refractivity contribution in [2.75, 3.05) is 6.38 Å². The van der Waals surface area contributed by atoms with Gasteiger partial charge in [-0.1, -0.05) is 18.2 Å². The zero-order valence-electron chi connectivity index (χ0n) is 12.9. The summed E-state index contributed by atoms with van der Waals surface area (Å²) in [6, 6.07) is 10.8. The number of pyridine rings is 1. The van der Waals surface area contributed by atoms with Crippen LogP contribution in [0.15, 0.2) is 54.9 Å². The van der Waals surface area contributed by atoms with Gasteiger partial charge in [0, 0.05) is 6.38 Å². The molecule has 9 heteroatoms. The third-order valence-corrected chi connectivity index (χ3v) is 2.93. The molecule has 0 radical (unpaired) electrons. The van der Waals surface area contributed by atoms with Gasteiger partial charge in [-0.15, -0.1) is 11.6 Å². The normalized spacial score (nSPS) is 10.3. The monoisotopic (exact) mass is 374 g/mol. The van der Waals surface area contributed by atoms with Crippen molar-refractivity contribution in [3.8, 4) is 0 Å². The standard InChI is InChI=1S/C8H5F3N2O.C7H6O2.CH3Cl/c9-8(10,11)6-4-12-7-5(6)2-1-3-13(7)14;8-7(9)6-4-2-1-3-5-6;1-2/h1-4,12H;1-5H,(H,8,9);1H3. The van der Waals surface area contributed by atoms with Crippen LogP contribution in [0, 0.1) is 5.21 Å². The maximum Gasteiger partial charge on any atom is 0.420 e. The molecule has 5 nitrogen and oxygen atoms in total. The molecule has 2 N–H and O–H groups in total. The van der Waals surface area contributed by atoms with Gasteiger partial charge >= 0.3 is 12.1 Å². The minimum Gasteiger partial charge on any atom is -0.711 e. The van der Waals surface area contributed by atoms with E-state index in [1.54, 1.807) is 30.3 Å². The number of hydrogen-bond donors (Lipinski definition) is 2. The molecule has 3 aromatic rings. The lowest BCUT2D eigenvalue weighted by Crippen LogP contribution is -2.26. The number of halogens is 4. The van der Waals surface area contributed by atoms with E-state index >= 15 is 0 Å². The molecule has 0 saturated carbocycles. The predicted molar refractivity (Wildman–Crippen MR) is 87.4 cm³/mol. The number of carboxylic acid groups (broad SMARTS) is 1. The van der Waals surface area contributed by atoms with Crippen LogP contribution in [-0.4, -0.2) is 22.4 Å². The SMILES string of the molecule is CCl.O=C(O)c1ccccc1.[O-][n+]1cccc2c(C(F)(F)F)c[nH]c21. The van der Waals surface area contributed by atoms with E-state index in [9.17, 15) is 23.2 Å². The second-order valence-corrected chi connectivity index (χ2v) is 4.47. The second kappa shape index (κ2) is 8.93. The van der Waals surface area contributed by atoms with Crippen molar-refractivity contribution in [1.29, 1.82) is 0 Å². The molecule has 0 aliphatic heterocycles. The van der Waals surface area contributed by atoms with Gasteiger partial charge in [0.25, 0.3) is 5.65 Å². The quantitative estimate of drug-likeness (QED) is 0.383. The Morgan fingerprint density at radius 2 is 1.76 bits per heavy atom. The largest absolute Gasteiger partial charge is 0.711 e. The molecule has 0 aliphatic rings. The molecule has 0 spiro atoms. The Kier molecular flexibility index (Phi) is 7.25. The molecule has 134 valence electrons. The average molecular weight is 375 g/mol. The Morgan fingerprint density at radius 1 is 1.16 bits per heavy atom. The summed E-state index contributed by atoms with van der Waals surface area (Å²) in [5.41, 5.74) is -0.574. The van der Waals surface area contributed by atoms with E-state index in [2.05, 4.69) is 16.6 Å². The first-order chi connectivity index (χ1) is 11.8. The summed E-state index contributed by atoms with van der Waals surface area (Å²) < 4.78 is 37.4. The number of H-pyrrole nitrogens is 1. The van der Waals surface area contributed by atoms with Crippen molar-refractivity contribution >= 4 is 28.6 Å². The van der Waals surface area contributed by atoms with E-state index in [-0.39, 0.29) is 11.0 Å². The number of aromatic nitrogens is 2. The zero-order valence-corrected chi connectivity index (χ0v) is 13.7. The number of benzene rings is 1. The number of nitrogens with one attached hydrogen (secondary N) is 1. The fourth-order valence-corrected chi connectivity index (χ4v) is 1.88. The predicted octanol–water partition coefficient (Wildman–Crippen LogP) is 4.06.